The molecule has 1 aliphatic heterocycles. The molecule has 1 aliphatic rings. The highest BCUT2D eigenvalue weighted by Gasteiger charge is 2.38. The van der Waals surface area contributed by atoms with E-state index in [0.29, 0.717) is 10.0 Å². The number of rotatable bonds is 3. The fraction of sp³-hybridized carbons (Fsp3) is 0.400. The third-order valence-electron chi connectivity index (χ3n) is 4.16. The molecular formula is C15H12ClF3N6OS2. The van der Waals surface area contributed by atoms with Crippen molar-refractivity contribution >= 4 is 50.8 Å². The molecule has 0 aliphatic carbocycles. The number of thiophene rings is 1. The van der Waals surface area contributed by atoms with Crippen LogP contribution in [0.5, 0.6) is 0 Å². The third-order valence-corrected chi connectivity index (χ3v) is 6.73. The van der Waals surface area contributed by atoms with Crippen molar-refractivity contribution in [2.45, 2.75) is 31.2 Å². The van der Waals surface area contributed by atoms with E-state index >= 15 is 0 Å². The molecule has 0 bridgehead atoms. The Balaban J connectivity index is 1.46. The molecule has 3 aromatic rings. The predicted octanol–water partition coefficient (Wildman–Crippen LogP) is 3.40. The van der Waals surface area contributed by atoms with Crippen molar-refractivity contribution in [1.82, 2.24) is 29.6 Å². The van der Waals surface area contributed by atoms with Gasteiger partial charge in [0.2, 0.25) is 5.91 Å². The summed E-state index contributed by atoms with van der Waals surface area (Å²) in [5.74, 6) is -1.20. The molecule has 0 unspecified atom stereocenters. The highest BCUT2D eigenvalue weighted by Crippen LogP contribution is 2.38. The highest BCUT2D eigenvalue weighted by molar-refractivity contribution is 8.00. The number of fused-ring (bicyclic) bond motifs is 2. The molecule has 148 valence electrons. The van der Waals surface area contributed by atoms with Gasteiger partial charge in [-0.2, -0.15) is 13.2 Å². The maximum atomic E-state index is 12.8. The summed E-state index contributed by atoms with van der Waals surface area (Å²) in [6, 6.07) is 0. The van der Waals surface area contributed by atoms with E-state index in [2.05, 4.69) is 20.1 Å². The number of thioether (sulfide) groups is 1. The van der Waals surface area contributed by atoms with Gasteiger partial charge >= 0.3 is 6.18 Å². The van der Waals surface area contributed by atoms with Crippen molar-refractivity contribution in [1.29, 1.82) is 0 Å². The van der Waals surface area contributed by atoms with Crippen LogP contribution in [0.4, 0.5) is 13.2 Å². The lowest BCUT2D eigenvalue weighted by Crippen LogP contribution is -2.39. The molecule has 0 fully saturated rings. The summed E-state index contributed by atoms with van der Waals surface area (Å²) in [6.07, 6.45) is -3.19. The van der Waals surface area contributed by atoms with Gasteiger partial charge in [0.25, 0.3) is 5.82 Å². The van der Waals surface area contributed by atoms with E-state index in [1.165, 1.54) is 39.0 Å². The standard InChI is InChI=1S/C15H12ClF3N6OS2/c1-7-11(16)10-12(20-6-21-13(10)28-7)27-5-9(26)24-2-3-25-8(4-24)22-14(23-25)15(17,18)19/h6H,2-5H2,1H3. The van der Waals surface area contributed by atoms with E-state index in [-0.39, 0.29) is 37.1 Å². The van der Waals surface area contributed by atoms with Gasteiger partial charge in [-0.15, -0.1) is 16.4 Å². The van der Waals surface area contributed by atoms with E-state index in [1.807, 2.05) is 6.92 Å². The Kier molecular flexibility index (Phi) is 4.96. The van der Waals surface area contributed by atoms with Crippen LogP contribution in [0.2, 0.25) is 5.02 Å². The summed E-state index contributed by atoms with van der Waals surface area (Å²) in [7, 11) is 0. The van der Waals surface area contributed by atoms with Crippen LogP contribution < -0.4 is 0 Å². The topological polar surface area (TPSA) is 76.8 Å². The first-order valence-electron chi connectivity index (χ1n) is 8.05. The van der Waals surface area contributed by atoms with Crippen LogP contribution in [0, 0.1) is 6.92 Å². The second-order valence-corrected chi connectivity index (χ2v) is 8.55. The van der Waals surface area contributed by atoms with Gasteiger partial charge < -0.3 is 4.90 Å². The minimum Gasteiger partial charge on any atom is -0.333 e. The van der Waals surface area contributed by atoms with Crippen LogP contribution >= 0.6 is 34.7 Å². The lowest BCUT2D eigenvalue weighted by molar-refractivity contribution is -0.145. The van der Waals surface area contributed by atoms with Crippen molar-refractivity contribution in [2.75, 3.05) is 12.3 Å². The van der Waals surface area contributed by atoms with Gasteiger partial charge in [-0.25, -0.2) is 19.6 Å². The summed E-state index contributed by atoms with van der Waals surface area (Å²) >= 11 is 9.00. The fourth-order valence-corrected chi connectivity index (χ4v) is 5.05. The van der Waals surface area contributed by atoms with E-state index in [1.54, 1.807) is 0 Å². The molecule has 0 saturated carbocycles. The lowest BCUT2D eigenvalue weighted by atomic mass is 10.3. The number of hydrogen-bond acceptors (Lipinski definition) is 7. The molecule has 13 heteroatoms. The number of aromatic nitrogens is 5. The largest absolute Gasteiger partial charge is 0.453 e. The summed E-state index contributed by atoms with van der Waals surface area (Å²) in [6.45, 7) is 2.31. The smallest absolute Gasteiger partial charge is 0.333 e. The van der Waals surface area contributed by atoms with Crippen molar-refractivity contribution in [3.8, 4) is 0 Å². The molecule has 28 heavy (non-hydrogen) atoms. The molecule has 7 nitrogen and oxygen atoms in total. The Morgan fingerprint density at radius 3 is 2.89 bits per heavy atom. The Bertz CT molecular complexity index is 1070. The molecule has 4 heterocycles. The van der Waals surface area contributed by atoms with Crippen LogP contribution in [0.15, 0.2) is 11.4 Å². The van der Waals surface area contributed by atoms with E-state index in [9.17, 15) is 18.0 Å². The van der Waals surface area contributed by atoms with Crippen LogP contribution in [0.1, 0.15) is 16.5 Å². The molecule has 0 radical (unpaired) electrons. The molecular weight excluding hydrogens is 437 g/mol. The normalized spacial score (nSPS) is 14.5. The summed E-state index contributed by atoms with van der Waals surface area (Å²) in [5.41, 5.74) is 0. The highest BCUT2D eigenvalue weighted by atomic mass is 35.5. The second kappa shape index (κ2) is 7.16. The maximum Gasteiger partial charge on any atom is 0.453 e. The van der Waals surface area contributed by atoms with Crippen molar-refractivity contribution < 1.29 is 18.0 Å². The first-order chi connectivity index (χ1) is 13.2. The van der Waals surface area contributed by atoms with Crippen LogP contribution in [0.3, 0.4) is 0 Å². The van der Waals surface area contributed by atoms with Crippen molar-refractivity contribution in [2.24, 2.45) is 0 Å². The lowest BCUT2D eigenvalue weighted by Gasteiger charge is -2.26. The van der Waals surface area contributed by atoms with E-state index in [0.717, 1.165) is 15.1 Å². The average Bonchev–Trinajstić information content (AvgIpc) is 3.20. The van der Waals surface area contributed by atoms with Gasteiger partial charge in [0.15, 0.2) is 0 Å². The average molecular weight is 449 g/mol. The predicted molar refractivity (Wildman–Crippen MR) is 98.3 cm³/mol. The zero-order valence-corrected chi connectivity index (χ0v) is 16.7. The molecule has 4 rings (SSSR count). The zero-order chi connectivity index (χ0) is 20.1. The quantitative estimate of drug-likeness (QED) is 0.451. The van der Waals surface area contributed by atoms with Crippen LogP contribution in [-0.2, 0) is 24.1 Å². The number of carbonyl (C=O) groups excluding carboxylic acids is 1. The molecule has 0 saturated heterocycles. The number of amides is 1. The number of carbonyl (C=O) groups is 1. The molecule has 0 atom stereocenters. The van der Waals surface area contributed by atoms with Gasteiger partial charge in [0, 0.05) is 11.4 Å². The first kappa shape index (κ1) is 19.4. The van der Waals surface area contributed by atoms with E-state index < -0.39 is 12.0 Å². The summed E-state index contributed by atoms with van der Waals surface area (Å²) in [5, 5.41) is 5.36. The summed E-state index contributed by atoms with van der Waals surface area (Å²) < 4.78 is 39.5. The minimum absolute atomic E-state index is 0.0139. The van der Waals surface area contributed by atoms with Crippen molar-refractivity contribution in [3.63, 3.8) is 0 Å². The number of halogens is 4. The van der Waals surface area contributed by atoms with Gasteiger partial charge in [0.1, 0.15) is 22.0 Å². The molecule has 1 amide bonds. The Morgan fingerprint density at radius 1 is 1.36 bits per heavy atom. The second-order valence-electron chi connectivity index (χ2n) is 6.01. The molecule has 3 aromatic heterocycles. The number of aryl methyl sites for hydroxylation is 1. The van der Waals surface area contributed by atoms with Gasteiger partial charge in [-0.1, -0.05) is 23.4 Å². The summed E-state index contributed by atoms with van der Waals surface area (Å²) in [4.78, 5) is 27.6. The number of nitrogens with zero attached hydrogens (tertiary/aromatic N) is 6. The Morgan fingerprint density at radius 2 is 2.14 bits per heavy atom. The zero-order valence-electron chi connectivity index (χ0n) is 14.3. The molecule has 0 spiro atoms. The van der Waals surface area contributed by atoms with Crippen molar-refractivity contribution in [3.05, 3.63) is 27.9 Å². The van der Waals surface area contributed by atoms with Crippen LogP contribution in [-0.4, -0.2) is 47.8 Å². The molecule has 0 N–H and O–H groups in total. The van der Waals surface area contributed by atoms with E-state index in [4.69, 9.17) is 11.6 Å². The Labute approximate surface area is 169 Å². The van der Waals surface area contributed by atoms with Gasteiger partial charge in [-0.05, 0) is 6.92 Å². The fourth-order valence-electron chi connectivity index (χ4n) is 2.78. The van der Waals surface area contributed by atoms with Gasteiger partial charge in [0.05, 0.1) is 29.3 Å². The third kappa shape index (κ3) is 3.55. The Hall–Kier alpha value is -1.92. The monoisotopic (exact) mass is 448 g/mol. The van der Waals surface area contributed by atoms with Gasteiger partial charge in [-0.3, -0.25) is 4.79 Å². The number of hydrogen-bond donors (Lipinski definition) is 0. The number of alkyl halides is 3. The van der Waals surface area contributed by atoms with Crippen LogP contribution in [0.25, 0.3) is 10.2 Å². The SMILES string of the molecule is Cc1sc2ncnc(SCC(=O)N3CCn4nc(C(F)(F)F)nc4C3)c2c1Cl. The first-order valence-corrected chi connectivity index (χ1v) is 10.2. The maximum absolute atomic E-state index is 12.8. The molecule has 0 aromatic carbocycles. The minimum atomic E-state index is -4.61.